The number of alkyl carbamates (subject to hydrolysis) is 1. The van der Waals surface area contributed by atoms with Gasteiger partial charge in [-0.1, -0.05) is 74.5 Å². The van der Waals surface area contributed by atoms with Gasteiger partial charge in [-0.3, -0.25) is 24.0 Å². The first kappa shape index (κ1) is 38.6. The van der Waals surface area contributed by atoms with Crippen molar-refractivity contribution < 1.29 is 47.0 Å². The van der Waals surface area contributed by atoms with Gasteiger partial charge >= 0.3 is 18.0 Å². The lowest BCUT2D eigenvalue weighted by Crippen LogP contribution is -2.59. The number of amides is 4. The number of hydrogen-bond acceptors (Lipinski definition) is 8. The molecule has 49 heavy (non-hydrogen) atoms. The maximum absolute atomic E-state index is 15.3. The highest BCUT2D eigenvalue weighted by Crippen LogP contribution is 2.23. The third kappa shape index (κ3) is 11.4. The molecule has 1 fully saturated rings. The Morgan fingerprint density at radius 1 is 0.898 bits per heavy atom. The van der Waals surface area contributed by atoms with Gasteiger partial charge in [0.05, 0.1) is 6.04 Å². The number of nitrogens with one attached hydrogen (secondary N) is 3. The Hall–Kier alpha value is -4.88. The van der Waals surface area contributed by atoms with Crippen LogP contribution in [0.1, 0.15) is 58.6 Å². The summed E-state index contributed by atoms with van der Waals surface area (Å²) in [6, 6.07) is 12.5. The lowest BCUT2D eigenvalue weighted by atomic mass is 9.97. The zero-order valence-corrected chi connectivity index (χ0v) is 28.3. The van der Waals surface area contributed by atoms with Crippen LogP contribution >= 0.6 is 0 Å². The molecule has 3 atom stereocenters. The first-order chi connectivity index (χ1) is 23.0. The molecule has 1 aliphatic rings. The van der Waals surface area contributed by atoms with Crippen molar-refractivity contribution in [2.24, 2.45) is 5.92 Å². The number of ether oxygens (including phenoxy) is 2. The number of carbonyl (C=O) groups is 6. The number of Topliss-reactive ketones (excluding diaryl/α,β-unsaturated/α-hetero) is 1. The Morgan fingerprint density at radius 3 is 2.06 bits per heavy atom. The summed E-state index contributed by atoms with van der Waals surface area (Å²) in [5, 5.41) is 6.65. The molecule has 2 aromatic rings. The normalized spacial score (nSPS) is 15.9. The van der Waals surface area contributed by atoms with Gasteiger partial charge in [0.25, 0.3) is 5.91 Å². The fourth-order valence-corrected chi connectivity index (χ4v) is 5.14. The van der Waals surface area contributed by atoms with Crippen LogP contribution in [-0.2, 0) is 46.5 Å². The second-order valence-corrected chi connectivity index (χ2v) is 13.1. The number of nitrogens with zero attached hydrogens (tertiary/aromatic N) is 1. The van der Waals surface area contributed by atoms with Crippen molar-refractivity contribution in [3.05, 3.63) is 71.8 Å². The number of ketones is 1. The Morgan fingerprint density at radius 2 is 1.49 bits per heavy atom. The van der Waals surface area contributed by atoms with E-state index in [4.69, 9.17) is 9.47 Å². The molecule has 4 amide bonds. The van der Waals surface area contributed by atoms with E-state index in [-0.39, 0.29) is 26.0 Å². The van der Waals surface area contributed by atoms with E-state index in [9.17, 15) is 28.8 Å². The Labute approximate surface area is 284 Å². The third-order valence-electron chi connectivity index (χ3n) is 7.59. The molecule has 14 heteroatoms. The van der Waals surface area contributed by atoms with Crippen LogP contribution < -0.4 is 16.0 Å². The zero-order chi connectivity index (χ0) is 36.4. The summed E-state index contributed by atoms with van der Waals surface area (Å²) in [5.41, 5.74) is 0.238. The molecular formula is C35H44F2N4O8. The molecule has 2 aromatic carbocycles. The van der Waals surface area contributed by atoms with E-state index in [1.807, 2.05) is 0 Å². The quantitative estimate of drug-likeness (QED) is 0.202. The number of rotatable bonds is 14. The maximum Gasteiger partial charge on any atom is 0.408 e. The monoisotopic (exact) mass is 686 g/mol. The molecule has 3 N–H and O–H groups in total. The van der Waals surface area contributed by atoms with Crippen molar-refractivity contribution in [3.63, 3.8) is 0 Å². The minimum Gasteiger partial charge on any atom is -0.460 e. The van der Waals surface area contributed by atoms with Gasteiger partial charge in [0.1, 0.15) is 30.8 Å². The molecule has 3 rings (SSSR count). The van der Waals surface area contributed by atoms with Crippen LogP contribution in [0.4, 0.5) is 13.6 Å². The van der Waals surface area contributed by atoms with Gasteiger partial charge in [-0.05, 0) is 50.7 Å². The molecule has 0 aromatic heterocycles. The highest BCUT2D eigenvalue weighted by molar-refractivity contribution is 6.11. The smallest absolute Gasteiger partial charge is 0.408 e. The van der Waals surface area contributed by atoms with Crippen molar-refractivity contribution in [3.8, 4) is 0 Å². The van der Waals surface area contributed by atoms with Gasteiger partial charge in [-0.15, -0.1) is 0 Å². The average Bonchev–Trinajstić information content (AvgIpc) is 3.54. The summed E-state index contributed by atoms with van der Waals surface area (Å²) < 4.78 is 41.0. The minimum absolute atomic E-state index is 0.145. The summed E-state index contributed by atoms with van der Waals surface area (Å²) in [6.45, 7) is 7.49. The van der Waals surface area contributed by atoms with Gasteiger partial charge in [0.2, 0.25) is 17.6 Å². The number of halogens is 2. The largest absolute Gasteiger partial charge is 0.460 e. The number of likely N-dealkylation sites (tertiary alicyclic amines) is 1. The van der Waals surface area contributed by atoms with Crippen molar-refractivity contribution in [2.75, 3.05) is 13.1 Å². The van der Waals surface area contributed by atoms with Crippen LogP contribution in [0.25, 0.3) is 0 Å². The van der Waals surface area contributed by atoms with Gasteiger partial charge < -0.3 is 30.3 Å². The second kappa shape index (κ2) is 17.0. The molecule has 1 saturated heterocycles. The first-order valence-corrected chi connectivity index (χ1v) is 16.0. The van der Waals surface area contributed by atoms with Gasteiger partial charge in [-0.25, -0.2) is 4.79 Å². The Balaban J connectivity index is 1.73. The van der Waals surface area contributed by atoms with Crippen molar-refractivity contribution >= 4 is 35.6 Å². The lowest BCUT2D eigenvalue weighted by Gasteiger charge is -2.32. The van der Waals surface area contributed by atoms with Crippen LogP contribution in [0.2, 0.25) is 0 Å². The summed E-state index contributed by atoms with van der Waals surface area (Å²) in [5.74, 6) is -11.4. The molecule has 0 aliphatic carbocycles. The molecule has 0 radical (unpaired) electrons. The van der Waals surface area contributed by atoms with Crippen molar-refractivity contribution in [2.45, 2.75) is 90.1 Å². The summed E-state index contributed by atoms with van der Waals surface area (Å²) in [4.78, 5) is 78.8. The van der Waals surface area contributed by atoms with Crippen LogP contribution in [0.15, 0.2) is 60.7 Å². The Bertz CT molecular complexity index is 1480. The van der Waals surface area contributed by atoms with Crippen LogP contribution in [0, 0.1) is 5.92 Å². The number of benzene rings is 2. The van der Waals surface area contributed by atoms with E-state index in [0.717, 1.165) is 0 Å². The number of alkyl halides is 2. The van der Waals surface area contributed by atoms with E-state index in [2.05, 4.69) is 10.6 Å². The fraction of sp³-hybridized carbons (Fsp3) is 0.486. The van der Waals surface area contributed by atoms with Crippen LogP contribution in [0.3, 0.4) is 0 Å². The fourth-order valence-electron chi connectivity index (χ4n) is 5.14. The van der Waals surface area contributed by atoms with Gasteiger partial charge in [-0.2, -0.15) is 8.78 Å². The summed E-state index contributed by atoms with van der Waals surface area (Å²) in [7, 11) is 0. The standard InChI is InChI=1S/C35H44F2N4O8/c1-22(2)28(40-33(47)49-34(3,4)5)31(45)41-18-12-17-26(41)30(44)39-25(19-23-13-8-6-9-14-23)29(43)35(36,37)32(46)38-20-27(42)48-21-24-15-10-7-11-16-24/h6-11,13-16,22,25-26,28H,12,17-21H2,1-5H3,(H,38,46)(H,39,44)(H,40,47)/t25?,26-,28-/m0/s1. The van der Waals surface area contributed by atoms with Crippen LogP contribution in [-0.4, -0.2) is 83.2 Å². The summed E-state index contributed by atoms with van der Waals surface area (Å²) >= 11 is 0. The maximum atomic E-state index is 15.3. The molecule has 1 heterocycles. The molecule has 1 aliphatic heterocycles. The topological polar surface area (TPSA) is 160 Å². The molecular weight excluding hydrogens is 642 g/mol. The van der Waals surface area contributed by atoms with Gasteiger partial charge in [0.15, 0.2) is 0 Å². The van der Waals surface area contributed by atoms with Gasteiger partial charge in [0, 0.05) is 13.0 Å². The van der Waals surface area contributed by atoms with Crippen molar-refractivity contribution in [1.82, 2.24) is 20.9 Å². The molecule has 0 bridgehead atoms. The molecule has 266 valence electrons. The van der Waals surface area contributed by atoms with Crippen LogP contribution in [0.5, 0.6) is 0 Å². The van der Waals surface area contributed by atoms with Crippen molar-refractivity contribution in [1.29, 1.82) is 0 Å². The predicted octanol–water partition coefficient (Wildman–Crippen LogP) is 3.32. The highest BCUT2D eigenvalue weighted by Gasteiger charge is 2.51. The van der Waals surface area contributed by atoms with E-state index in [1.165, 1.54) is 4.90 Å². The number of carbonyl (C=O) groups excluding carboxylic acids is 6. The number of hydrogen-bond donors (Lipinski definition) is 3. The van der Waals surface area contributed by atoms with E-state index >= 15 is 8.78 Å². The van der Waals surface area contributed by atoms with E-state index in [0.29, 0.717) is 17.5 Å². The summed E-state index contributed by atoms with van der Waals surface area (Å²) in [6.07, 6.45) is -0.637. The Kier molecular flexibility index (Phi) is 13.4. The highest BCUT2D eigenvalue weighted by atomic mass is 19.3. The molecule has 0 spiro atoms. The SMILES string of the molecule is CC(C)[C@H](NC(=O)OC(C)(C)C)C(=O)N1CCC[C@H]1C(=O)NC(Cc1ccccc1)C(=O)C(F)(F)C(=O)NCC(=O)OCc1ccccc1. The molecule has 12 nitrogen and oxygen atoms in total. The number of esters is 1. The van der Waals surface area contributed by atoms with E-state index < -0.39 is 77.7 Å². The van der Waals surface area contributed by atoms with E-state index in [1.54, 1.807) is 101 Å². The minimum atomic E-state index is -4.64. The second-order valence-electron chi connectivity index (χ2n) is 13.1. The third-order valence-corrected chi connectivity index (χ3v) is 7.59. The predicted molar refractivity (Wildman–Crippen MR) is 174 cm³/mol. The first-order valence-electron chi connectivity index (χ1n) is 16.0. The lowest BCUT2D eigenvalue weighted by molar-refractivity contribution is -0.161. The molecule has 1 unspecified atom stereocenters. The zero-order valence-electron chi connectivity index (χ0n) is 28.3. The molecule has 0 saturated carbocycles. The average molecular weight is 687 g/mol.